The molecule has 0 saturated carbocycles. The highest BCUT2D eigenvalue weighted by Crippen LogP contribution is 2.28. The maximum Gasteiger partial charge on any atom is 0.175 e. The molecule has 0 fully saturated rings. The van der Waals surface area contributed by atoms with E-state index >= 15 is 0 Å². The lowest BCUT2D eigenvalue weighted by Gasteiger charge is -2.07. The molecule has 0 spiro atoms. The van der Waals surface area contributed by atoms with Crippen LogP contribution in [0, 0.1) is 0 Å². The van der Waals surface area contributed by atoms with Crippen molar-refractivity contribution >= 4 is 15.5 Å². The number of anilines is 1. The van der Waals surface area contributed by atoms with Crippen LogP contribution in [0.2, 0.25) is 0 Å². The van der Waals surface area contributed by atoms with Crippen LogP contribution in [-0.2, 0) is 9.84 Å². The first-order chi connectivity index (χ1) is 8.84. The number of hydrogen-bond donors (Lipinski definition) is 2. The minimum Gasteiger partial charge on any atom is -0.508 e. The van der Waals surface area contributed by atoms with Gasteiger partial charge in [0.2, 0.25) is 0 Å². The second kappa shape index (κ2) is 4.81. The Morgan fingerprint density at radius 1 is 1.05 bits per heavy atom. The number of aromatic hydroxyl groups is 1. The first kappa shape index (κ1) is 13.2. The van der Waals surface area contributed by atoms with E-state index in [1.54, 1.807) is 6.07 Å². The SMILES string of the molecule is CS(=O)(=O)c1ccc(Oc2cc(N)cc(O)c2)cc1. The van der Waals surface area contributed by atoms with Crippen LogP contribution in [0.4, 0.5) is 5.69 Å². The third-order valence-corrected chi connectivity index (χ3v) is 3.53. The Bertz CT molecular complexity index is 673. The fraction of sp³-hybridized carbons (Fsp3) is 0.0769. The minimum absolute atomic E-state index is 0.00255. The maximum atomic E-state index is 11.3. The molecule has 0 aromatic heterocycles. The summed E-state index contributed by atoms with van der Waals surface area (Å²) in [6, 6.07) is 10.4. The molecule has 0 atom stereocenters. The fourth-order valence-corrected chi connectivity index (χ4v) is 2.19. The molecule has 6 heteroatoms. The molecule has 2 aromatic rings. The van der Waals surface area contributed by atoms with Crippen molar-refractivity contribution in [3.8, 4) is 17.2 Å². The molecule has 19 heavy (non-hydrogen) atoms. The number of benzene rings is 2. The summed E-state index contributed by atoms with van der Waals surface area (Å²) in [5, 5.41) is 9.38. The number of nitrogens with two attached hydrogens (primary N) is 1. The van der Waals surface area contributed by atoms with Gasteiger partial charge in [-0.3, -0.25) is 0 Å². The lowest BCUT2D eigenvalue weighted by Crippen LogP contribution is -1.96. The number of rotatable bonds is 3. The lowest BCUT2D eigenvalue weighted by molar-refractivity contribution is 0.455. The Hall–Kier alpha value is -2.21. The van der Waals surface area contributed by atoms with Crippen LogP contribution in [0.15, 0.2) is 47.4 Å². The summed E-state index contributed by atoms with van der Waals surface area (Å²) in [5.41, 5.74) is 5.95. The van der Waals surface area contributed by atoms with Crippen LogP contribution in [0.1, 0.15) is 0 Å². The first-order valence-corrected chi connectivity index (χ1v) is 7.31. The lowest BCUT2D eigenvalue weighted by atomic mass is 10.3. The standard InChI is InChI=1S/C13H13NO4S/c1-19(16,17)13-4-2-11(3-5-13)18-12-7-9(14)6-10(15)8-12/h2-8,15H,14H2,1H3. The average Bonchev–Trinajstić information content (AvgIpc) is 2.26. The predicted octanol–water partition coefficient (Wildman–Crippen LogP) is 2.17. The van der Waals surface area contributed by atoms with E-state index in [0.29, 0.717) is 17.2 Å². The van der Waals surface area contributed by atoms with Crippen molar-refractivity contribution in [1.29, 1.82) is 0 Å². The zero-order chi connectivity index (χ0) is 14.0. The summed E-state index contributed by atoms with van der Waals surface area (Å²) in [5.74, 6) is 0.838. The molecule has 0 unspecified atom stereocenters. The monoisotopic (exact) mass is 279 g/mol. The Morgan fingerprint density at radius 2 is 1.68 bits per heavy atom. The summed E-state index contributed by atoms with van der Waals surface area (Å²) in [6.45, 7) is 0. The molecule has 2 rings (SSSR count). The molecule has 100 valence electrons. The van der Waals surface area contributed by atoms with Gasteiger partial charge >= 0.3 is 0 Å². The smallest absolute Gasteiger partial charge is 0.175 e. The molecule has 0 aliphatic carbocycles. The predicted molar refractivity (Wildman–Crippen MR) is 72.1 cm³/mol. The maximum absolute atomic E-state index is 11.3. The number of phenolic OH excluding ortho intramolecular Hbond substituents is 1. The van der Waals surface area contributed by atoms with Crippen molar-refractivity contribution in [3.05, 3.63) is 42.5 Å². The van der Waals surface area contributed by atoms with Gasteiger partial charge in [0.05, 0.1) is 4.90 Å². The van der Waals surface area contributed by atoms with Gasteiger partial charge in [0.15, 0.2) is 9.84 Å². The molecule has 0 bridgehead atoms. The fourth-order valence-electron chi connectivity index (χ4n) is 1.56. The molecule has 0 amide bonds. The van der Waals surface area contributed by atoms with Gasteiger partial charge in [-0.2, -0.15) is 0 Å². The normalized spacial score (nSPS) is 11.2. The van der Waals surface area contributed by atoms with Crippen molar-refractivity contribution in [1.82, 2.24) is 0 Å². The van der Waals surface area contributed by atoms with Gasteiger partial charge in [0, 0.05) is 30.1 Å². The van der Waals surface area contributed by atoms with E-state index in [2.05, 4.69) is 0 Å². The average molecular weight is 279 g/mol. The van der Waals surface area contributed by atoms with Crippen molar-refractivity contribution < 1.29 is 18.3 Å². The zero-order valence-electron chi connectivity index (χ0n) is 10.2. The molecule has 2 aromatic carbocycles. The Labute approximate surface area is 111 Å². The molecule has 5 nitrogen and oxygen atoms in total. The molecule has 0 aliphatic rings. The first-order valence-electron chi connectivity index (χ1n) is 5.42. The number of sulfone groups is 1. The van der Waals surface area contributed by atoms with Crippen LogP contribution >= 0.6 is 0 Å². The minimum atomic E-state index is -3.22. The number of hydrogen-bond acceptors (Lipinski definition) is 5. The quantitative estimate of drug-likeness (QED) is 0.840. The molecule has 0 aliphatic heterocycles. The van der Waals surface area contributed by atoms with E-state index in [1.165, 1.54) is 36.4 Å². The largest absolute Gasteiger partial charge is 0.508 e. The van der Waals surface area contributed by atoms with Gasteiger partial charge in [-0.1, -0.05) is 0 Å². The molecular weight excluding hydrogens is 266 g/mol. The highest BCUT2D eigenvalue weighted by molar-refractivity contribution is 7.90. The number of nitrogen functional groups attached to an aromatic ring is 1. The van der Waals surface area contributed by atoms with Crippen LogP contribution in [0.25, 0.3) is 0 Å². The zero-order valence-corrected chi connectivity index (χ0v) is 11.0. The van der Waals surface area contributed by atoms with Gasteiger partial charge in [0.25, 0.3) is 0 Å². The second-order valence-corrected chi connectivity index (χ2v) is 6.12. The molecule has 0 heterocycles. The van der Waals surface area contributed by atoms with Crippen LogP contribution in [-0.4, -0.2) is 19.8 Å². The Balaban J connectivity index is 2.24. The van der Waals surface area contributed by atoms with Gasteiger partial charge < -0.3 is 15.6 Å². The Morgan fingerprint density at radius 3 is 2.21 bits per heavy atom. The highest BCUT2D eigenvalue weighted by Gasteiger charge is 2.07. The van der Waals surface area contributed by atoms with Gasteiger partial charge in [-0.15, -0.1) is 0 Å². The summed E-state index contributed by atoms with van der Waals surface area (Å²) in [7, 11) is -3.22. The third-order valence-electron chi connectivity index (χ3n) is 2.40. The number of ether oxygens (including phenoxy) is 1. The van der Waals surface area contributed by atoms with E-state index in [9.17, 15) is 13.5 Å². The van der Waals surface area contributed by atoms with Crippen molar-refractivity contribution in [2.24, 2.45) is 0 Å². The van der Waals surface area contributed by atoms with Gasteiger partial charge in [0.1, 0.15) is 17.2 Å². The van der Waals surface area contributed by atoms with Gasteiger partial charge in [-0.05, 0) is 24.3 Å². The number of phenols is 1. The third kappa shape index (κ3) is 3.38. The van der Waals surface area contributed by atoms with Crippen LogP contribution in [0.3, 0.4) is 0 Å². The van der Waals surface area contributed by atoms with Crippen molar-refractivity contribution in [2.45, 2.75) is 4.90 Å². The summed E-state index contributed by atoms with van der Waals surface area (Å²) in [6.07, 6.45) is 1.14. The van der Waals surface area contributed by atoms with E-state index in [1.807, 2.05) is 0 Å². The van der Waals surface area contributed by atoms with Crippen molar-refractivity contribution in [2.75, 3.05) is 12.0 Å². The summed E-state index contributed by atoms with van der Waals surface area (Å²) < 4.78 is 28.1. The highest BCUT2D eigenvalue weighted by atomic mass is 32.2. The van der Waals surface area contributed by atoms with Gasteiger partial charge in [-0.25, -0.2) is 8.42 Å². The molecule has 0 saturated heterocycles. The van der Waals surface area contributed by atoms with E-state index in [0.717, 1.165) is 6.26 Å². The molecular formula is C13H13NO4S. The van der Waals surface area contributed by atoms with Crippen LogP contribution in [0.5, 0.6) is 17.2 Å². The topological polar surface area (TPSA) is 89.6 Å². The van der Waals surface area contributed by atoms with Crippen molar-refractivity contribution in [3.63, 3.8) is 0 Å². The molecule has 0 radical (unpaired) electrons. The van der Waals surface area contributed by atoms with E-state index in [-0.39, 0.29) is 10.6 Å². The van der Waals surface area contributed by atoms with E-state index in [4.69, 9.17) is 10.5 Å². The van der Waals surface area contributed by atoms with Crippen LogP contribution < -0.4 is 10.5 Å². The summed E-state index contributed by atoms with van der Waals surface area (Å²) >= 11 is 0. The van der Waals surface area contributed by atoms with E-state index < -0.39 is 9.84 Å². The molecule has 3 N–H and O–H groups in total. The Kier molecular flexibility index (Phi) is 3.35. The second-order valence-electron chi connectivity index (χ2n) is 4.11. The summed E-state index contributed by atoms with van der Waals surface area (Å²) in [4.78, 5) is 0.218.